The molecule has 0 aromatic rings. The first-order valence-corrected chi connectivity index (χ1v) is 10.6. The van der Waals surface area contributed by atoms with Crippen LogP contribution in [-0.2, 0) is 9.53 Å². The summed E-state index contributed by atoms with van der Waals surface area (Å²) >= 11 is 0. The van der Waals surface area contributed by atoms with E-state index in [2.05, 4.69) is 41.2 Å². The minimum absolute atomic E-state index is 0.0843. The number of nitrogens with zero attached hydrogens (tertiary/aromatic N) is 3. The van der Waals surface area contributed by atoms with Gasteiger partial charge in [-0.2, -0.15) is 0 Å². The first-order valence-electron chi connectivity index (χ1n) is 10.6. The van der Waals surface area contributed by atoms with Gasteiger partial charge in [0.1, 0.15) is 0 Å². The Morgan fingerprint density at radius 3 is 3.00 bits per heavy atom. The Labute approximate surface area is 163 Å². The van der Waals surface area contributed by atoms with Gasteiger partial charge in [-0.05, 0) is 25.7 Å². The lowest BCUT2D eigenvalue weighted by Gasteiger charge is -2.41. The van der Waals surface area contributed by atoms with Crippen molar-refractivity contribution in [2.75, 3.05) is 59.0 Å². The molecule has 3 aliphatic heterocycles. The van der Waals surface area contributed by atoms with Crippen molar-refractivity contribution in [2.24, 2.45) is 16.3 Å². The summed E-state index contributed by atoms with van der Waals surface area (Å²) in [4.78, 5) is 21.5. The van der Waals surface area contributed by atoms with E-state index >= 15 is 0 Å². The minimum atomic E-state index is 0.0843. The highest BCUT2D eigenvalue weighted by molar-refractivity contribution is 5.81. The zero-order valence-corrected chi connectivity index (χ0v) is 17.3. The molecule has 3 saturated heterocycles. The van der Waals surface area contributed by atoms with E-state index in [1.165, 1.54) is 0 Å². The van der Waals surface area contributed by atoms with Crippen LogP contribution in [0.2, 0.25) is 0 Å². The number of nitrogens with one attached hydrogen (secondary N) is 2. The second kappa shape index (κ2) is 9.24. The topological polar surface area (TPSA) is 69.2 Å². The molecular weight excluding hydrogens is 342 g/mol. The highest BCUT2D eigenvalue weighted by atomic mass is 16.5. The van der Waals surface area contributed by atoms with Crippen molar-refractivity contribution in [3.8, 4) is 0 Å². The fourth-order valence-corrected chi connectivity index (χ4v) is 4.62. The fraction of sp³-hybridized carbons (Fsp3) is 0.900. The zero-order chi connectivity index (χ0) is 19.3. The smallest absolute Gasteiger partial charge is 0.220 e. The van der Waals surface area contributed by atoms with Crippen LogP contribution in [0.15, 0.2) is 4.99 Å². The van der Waals surface area contributed by atoms with E-state index in [1.54, 1.807) is 0 Å². The predicted octanol–water partition coefficient (Wildman–Crippen LogP) is 0.911. The number of carbonyl (C=O) groups excluding carboxylic acids is 1. The Kier molecular flexibility index (Phi) is 6.98. The Hall–Kier alpha value is -1.34. The molecule has 0 aromatic heterocycles. The minimum Gasteiger partial charge on any atom is -0.374 e. The maximum absolute atomic E-state index is 11.8. The van der Waals surface area contributed by atoms with E-state index in [9.17, 15) is 4.79 Å². The molecule has 2 unspecified atom stereocenters. The number of rotatable bonds is 5. The van der Waals surface area contributed by atoms with Crippen LogP contribution in [0.3, 0.4) is 0 Å². The second-order valence-electron chi connectivity index (χ2n) is 8.82. The summed E-state index contributed by atoms with van der Waals surface area (Å²) in [6.07, 6.45) is 3.05. The third-order valence-corrected chi connectivity index (χ3v) is 5.78. The van der Waals surface area contributed by atoms with Crippen LogP contribution in [0.5, 0.6) is 0 Å². The average Bonchev–Trinajstić information content (AvgIpc) is 2.98. The van der Waals surface area contributed by atoms with Crippen molar-refractivity contribution < 1.29 is 9.53 Å². The van der Waals surface area contributed by atoms with Gasteiger partial charge in [-0.1, -0.05) is 13.8 Å². The lowest BCUT2D eigenvalue weighted by Crippen LogP contribution is -2.52. The predicted molar refractivity (Wildman–Crippen MR) is 108 cm³/mol. The first kappa shape index (κ1) is 20.4. The van der Waals surface area contributed by atoms with Gasteiger partial charge in [0.15, 0.2) is 5.96 Å². The molecule has 7 nitrogen and oxygen atoms in total. The quantitative estimate of drug-likeness (QED) is 0.549. The van der Waals surface area contributed by atoms with Gasteiger partial charge in [-0.3, -0.25) is 14.7 Å². The van der Waals surface area contributed by atoms with E-state index in [0.29, 0.717) is 18.9 Å². The zero-order valence-electron chi connectivity index (χ0n) is 17.3. The van der Waals surface area contributed by atoms with Gasteiger partial charge in [-0.25, -0.2) is 0 Å². The molecule has 2 N–H and O–H groups in total. The molecule has 7 heteroatoms. The maximum atomic E-state index is 11.8. The normalized spacial score (nSPS) is 30.2. The van der Waals surface area contributed by atoms with Crippen LogP contribution in [0.25, 0.3) is 0 Å². The molecule has 0 radical (unpaired) electrons. The number of hydrogen-bond donors (Lipinski definition) is 2. The molecule has 3 aliphatic rings. The molecule has 3 rings (SSSR count). The molecule has 0 bridgehead atoms. The molecular formula is C20H37N5O2. The summed E-state index contributed by atoms with van der Waals surface area (Å²) in [7, 11) is 0. The van der Waals surface area contributed by atoms with Gasteiger partial charge in [0.2, 0.25) is 5.91 Å². The van der Waals surface area contributed by atoms with Gasteiger partial charge < -0.3 is 20.3 Å². The van der Waals surface area contributed by atoms with Gasteiger partial charge >= 0.3 is 0 Å². The Balaban J connectivity index is 1.60. The van der Waals surface area contributed by atoms with Crippen LogP contribution in [0, 0.1) is 11.3 Å². The fourth-order valence-electron chi connectivity index (χ4n) is 4.62. The molecule has 3 fully saturated rings. The molecule has 3 heterocycles. The van der Waals surface area contributed by atoms with E-state index in [1.807, 2.05) is 0 Å². The number of piperidine rings is 1. The molecule has 1 spiro atoms. The van der Waals surface area contributed by atoms with Crippen LogP contribution in [0.4, 0.5) is 0 Å². The van der Waals surface area contributed by atoms with Crippen molar-refractivity contribution >= 4 is 11.9 Å². The summed E-state index contributed by atoms with van der Waals surface area (Å²) in [6.45, 7) is 14.8. The lowest BCUT2D eigenvalue weighted by molar-refractivity contribution is -0.119. The number of ether oxygens (including phenoxy) is 1. The SMILES string of the molecule is CCNC(=NCC1CN(CC(C)C)CCO1)N1CCCC2(CNC(=O)C2)C1. The molecule has 0 aliphatic carbocycles. The van der Waals surface area contributed by atoms with Gasteiger partial charge in [0.25, 0.3) is 0 Å². The van der Waals surface area contributed by atoms with Crippen LogP contribution >= 0.6 is 0 Å². The molecule has 1 amide bonds. The highest BCUT2D eigenvalue weighted by Crippen LogP contribution is 2.36. The van der Waals surface area contributed by atoms with Crippen molar-refractivity contribution in [1.29, 1.82) is 0 Å². The standard InChI is InChI=1S/C20H37N5O2/c1-4-21-19(22-11-17-13-24(8-9-27-17)12-16(2)3)25-7-5-6-20(15-25)10-18(26)23-14-20/h16-17H,4-15H2,1-3H3,(H,21,22)(H,23,26). The average molecular weight is 380 g/mol. The van der Waals surface area contributed by atoms with E-state index < -0.39 is 0 Å². The number of amides is 1. The number of guanidine groups is 1. The summed E-state index contributed by atoms with van der Waals surface area (Å²) in [5.41, 5.74) is 0.0843. The van der Waals surface area contributed by atoms with Crippen LogP contribution < -0.4 is 10.6 Å². The highest BCUT2D eigenvalue weighted by Gasteiger charge is 2.42. The third kappa shape index (κ3) is 5.57. The van der Waals surface area contributed by atoms with Gasteiger partial charge in [0.05, 0.1) is 19.3 Å². The summed E-state index contributed by atoms with van der Waals surface area (Å²) in [6, 6.07) is 0. The Bertz CT molecular complexity index is 538. The number of hydrogen-bond acceptors (Lipinski definition) is 4. The summed E-state index contributed by atoms with van der Waals surface area (Å²) in [5.74, 6) is 1.84. The number of likely N-dealkylation sites (tertiary alicyclic amines) is 1. The van der Waals surface area contributed by atoms with Crippen molar-refractivity contribution in [2.45, 2.75) is 46.1 Å². The largest absolute Gasteiger partial charge is 0.374 e. The number of aliphatic imine (C=N–C) groups is 1. The number of morpholine rings is 1. The van der Waals surface area contributed by atoms with Crippen LogP contribution in [-0.4, -0.2) is 86.7 Å². The van der Waals surface area contributed by atoms with Crippen LogP contribution in [0.1, 0.15) is 40.0 Å². The lowest BCUT2D eigenvalue weighted by atomic mass is 9.79. The third-order valence-electron chi connectivity index (χ3n) is 5.78. The Morgan fingerprint density at radius 1 is 1.44 bits per heavy atom. The molecule has 154 valence electrons. The van der Waals surface area contributed by atoms with Crippen molar-refractivity contribution in [3.05, 3.63) is 0 Å². The van der Waals surface area contributed by atoms with Crippen molar-refractivity contribution in [3.63, 3.8) is 0 Å². The molecule has 0 aromatic carbocycles. The van der Waals surface area contributed by atoms with E-state index in [0.717, 1.165) is 71.2 Å². The summed E-state index contributed by atoms with van der Waals surface area (Å²) < 4.78 is 5.96. The van der Waals surface area contributed by atoms with Crippen molar-refractivity contribution in [1.82, 2.24) is 20.4 Å². The Morgan fingerprint density at radius 2 is 2.30 bits per heavy atom. The maximum Gasteiger partial charge on any atom is 0.220 e. The number of carbonyl (C=O) groups is 1. The van der Waals surface area contributed by atoms with E-state index in [4.69, 9.17) is 9.73 Å². The molecule has 0 saturated carbocycles. The first-order chi connectivity index (χ1) is 13.0. The van der Waals surface area contributed by atoms with E-state index in [-0.39, 0.29) is 17.4 Å². The summed E-state index contributed by atoms with van der Waals surface area (Å²) in [5, 5.41) is 6.48. The second-order valence-corrected chi connectivity index (χ2v) is 8.82. The monoisotopic (exact) mass is 379 g/mol. The molecule has 2 atom stereocenters. The molecule has 27 heavy (non-hydrogen) atoms. The van der Waals surface area contributed by atoms with Gasteiger partial charge in [-0.15, -0.1) is 0 Å². The van der Waals surface area contributed by atoms with Gasteiger partial charge in [0, 0.05) is 57.6 Å².